The number of nitrogens with zero attached hydrogens (tertiary/aromatic N) is 2. The molecule has 0 bridgehead atoms. The van der Waals surface area contributed by atoms with Crippen LogP contribution in [-0.2, 0) is 4.79 Å². The number of hydrogen-bond donors (Lipinski definition) is 2. The summed E-state index contributed by atoms with van der Waals surface area (Å²) in [4.78, 5) is 20.7. The van der Waals surface area contributed by atoms with Gasteiger partial charge in [0.15, 0.2) is 0 Å². The fraction of sp³-hybridized carbons (Fsp3) is 0.333. The molecule has 1 heterocycles. The van der Waals surface area contributed by atoms with Crippen LogP contribution in [0.3, 0.4) is 0 Å². The van der Waals surface area contributed by atoms with E-state index in [1.165, 1.54) is 6.92 Å². The number of imidazole rings is 1. The zero-order valence-corrected chi connectivity index (χ0v) is 10.5. The van der Waals surface area contributed by atoms with E-state index in [1.54, 1.807) is 0 Å². The van der Waals surface area contributed by atoms with Crippen LogP contribution < -0.4 is 10.2 Å². The largest absolute Gasteiger partial charge is 0.376 e. The Morgan fingerprint density at radius 3 is 2.71 bits per heavy atom. The second-order valence-corrected chi connectivity index (χ2v) is 4.28. The summed E-state index contributed by atoms with van der Waals surface area (Å²) in [5.41, 5.74) is 3.56. The number of fused-ring (bicyclic) bond motifs is 1. The number of aromatic amines is 1. The van der Waals surface area contributed by atoms with Gasteiger partial charge in [-0.25, -0.2) is 4.98 Å². The summed E-state index contributed by atoms with van der Waals surface area (Å²) < 4.78 is 0. The van der Waals surface area contributed by atoms with Crippen LogP contribution in [0.1, 0.15) is 12.7 Å². The highest BCUT2D eigenvalue weighted by Crippen LogP contribution is 2.29. The van der Waals surface area contributed by atoms with Crippen LogP contribution in [0, 0.1) is 6.92 Å². The first kappa shape index (κ1) is 11.4. The predicted octanol–water partition coefficient (Wildman–Crippen LogP) is 1.90. The molecular weight excluding hydrogens is 216 g/mol. The van der Waals surface area contributed by atoms with Gasteiger partial charge in [-0.3, -0.25) is 4.79 Å². The molecule has 0 unspecified atom stereocenters. The molecule has 1 amide bonds. The highest BCUT2D eigenvalue weighted by molar-refractivity contribution is 5.97. The van der Waals surface area contributed by atoms with E-state index in [1.807, 2.05) is 38.1 Å². The van der Waals surface area contributed by atoms with Gasteiger partial charge in [0.25, 0.3) is 0 Å². The Kier molecular flexibility index (Phi) is 2.75. The first-order valence-electron chi connectivity index (χ1n) is 5.42. The first-order chi connectivity index (χ1) is 7.97. The van der Waals surface area contributed by atoms with Crippen LogP contribution in [-0.4, -0.2) is 30.0 Å². The van der Waals surface area contributed by atoms with E-state index in [0.29, 0.717) is 0 Å². The van der Waals surface area contributed by atoms with Gasteiger partial charge < -0.3 is 15.2 Å². The molecule has 5 nitrogen and oxygen atoms in total. The Hall–Kier alpha value is -2.04. The summed E-state index contributed by atoms with van der Waals surface area (Å²) >= 11 is 0. The fourth-order valence-electron chi connectivity index (χ4n) is 1.83. The van der Waals surface area contributed by atoms with Crippen LogP contribution in [0.2, 0.25) is 0 Å². The number of nitrogens with one attached hydrogen (secondary N) is 2. The zero-order valence-electron chi connectivity index (χ0n) is 10.5. The molecule has 5 heteroatoms. The molecule has 17 heavy (non-hydrogen) atoms. The highest BCUT2D eigenvalue weighted by atomic mass is 16.1. The van der Waals surface area contributed by atoms with Crippen molar-refractivity contribution in [1.82, 2.24) is 9.97 Å². The van der Waals surface area contributed by atoms with Gasteiger partial charge in [-0.1, -0.05) is 0 Å². The van der Waals surface area contributed by atoms with Gasteiger partial charge in [-0.05, 0) is 19.1 Å². The number of carbonyl (C=O) groups is 1. The number of aryl methyl sites for hydroxylation is 1. The van der Waals surface area contributed by atoms with Crippen LogP contribution in [0.4, 0.5) is 11.4 Å². The van der Waals surface area contributed by atoms with Crippen molar-refractivity contribution in [2.24, 2.45) is 0 Å². The van der Waals surface area contributed by atoms with Gasteiger partial charge in [-0.15, -0.1) is 0 Å². The number of hydrogen-bond acceptors (Lipinski definition) is 3. The Labute approximate surface area is 99.8 Å². The number of amides is 1. The van der Waals surface area contributed by atoms with Crippen molar-refractivity contribution in [3.8, 4) is 0 Å². The molecule has 1 aromatic carbocycles. The monoisotopic (exact) mass is 232 g/mol. The second-order valence-electron chi connectivity index (χ2n) is 4.28. The van der Waals surface area contributed by atoms with Crippen LogP contribution in [0.25, 0.3) is 11.0 Å². The van der Waals surface area contributed by atoms with Gasteiger partial charge in [0.1, 0.15) is 5.82 Å². The molecule has 0 saturated heterocycles. The molecule has 2 N–H and O–H groups in total. The van der Waals surface area contributed by atoms with Crippen molar-refractivity contribution in [3.05, 3.63) is 18.0 Å². The molecule has 2 rings (SSSR count). The zero-order chi connectivity index (χ0) is 12.6. The smallest absolute Gasteiger partial charge is 0.221 e. The van der Waals surface area contributed by atoms with E-state index in [4.69, 9.17) is 0 Å². The van der Waals surface area contributed by atoms with Crippen molar-refractivity contribution < 1.29 is 4.79 Å². The van der Waals surface area contributed by atoms with Crippen molar-refractivity contribution in [1.29, 1.82) is 0 Å². The molecule has 0 aliphatic heterocycles. The maximum absolute atomic E-state index is 11.2. The number of rotatable bonds is 2. The third-order valence-corrected chi connectivity index (χ3v) is 2.51. The van der Waals surface area contributed by atoms with Gasteiger partial charge >= 0.3 is 0 Å². The van der Waals surface area contributed by atoms with E-state index in [-0.39, 0.29) is 5.91 Å². The van der Waals surface area contributed by atoms with Gasteiger partial charge in [0.05, 0.1) is 22.4 Å². The lowest BCUT2D eigenvalue weighted by molar-refractivity contribution is -0.114. The average Bonchev–Trinajstić information content (AvgIpc) is 2.54. The maximum atomic E-state index is 11.2. The number of anilines is 2. The summed E-state index contributed by atoms with van der Waals surface area (Å²) in [5.74, 6) is 0.786. The van der Waals surface area contributed by atoms with Crippen molar-refractivity contribution >= 4 is 28.3 Å². The fourth-order valence-corrected chi connectivity index (χ4v) is 1.83. The van der Waals surface area contributed by atoms with E-state index in [9.17, 15) is 4.79 Å². The second kappa shape index (κ2) is 4.08. The van der Waals surface area contributed by atoms with Crippen LogP contribution >= 0.6 is 0 Å². The lowest BCUT2D eigenvalue weighted by Crippen LogP contribution is -2.14. The van der Waals surface area contributed by atoms with Crippen LogP contribution in [0.5, 0.6) is 0 Å². The number of H-pyrrole nitrogens is 1. The summed E-state index contributed by atoms with van der Waals surface area (Å²) in [6.07, 6.45) is 0. The number of benzene rings is 1. The highest BCUT2D eigenvalue weighted by Gasteiger charge is 2.10. The lowest BCUT2D eigenvalue weighted by Gasteiger charge is -2.17. The van der Waals surface area contributed by atoms with E-state index < -0.39 is 0 Å². The molecular formula is C12H16N4O. The SMILES string of the molecule is CC(=O)Nc1cc2[nH]c(C)nc2cc1N(C)C. The molecule has 0 fully saturated rings. The predicted molar refractivity (Wildman–Crippen MR) is 69.5 cm³/mol. The molecule has 0 saturated carbocycles. The van der Waals surface area contributed by atoms with Crippen LogP contribution in [0.15, 0.2) is 12.1 Å². The van der Waals surface area contributed by atoms with Gasteiger partial charge in [0.2, 0.25) is 5.91 Å². The van der Waals surface area contributed by atoms with Crippen molar-refractivity contribution in [2.45, 2.75) is 13.8 Å². The maximum Gasteiger partial charge on any atom is 0.221 e. The molecule has 0 aliphatic carbocycles. The average molecular weight is 232 g/mol. The summed E-state index contributed by atoms with van der Waals surface area (Å²) in [6, 6.07) is 3.87. The summed E-state index contributed by atoms with van der Waals surface area (Å²) in [6.45, 7) is 3.41. The quantitative estimate of drug-likeness (QED) is 0.831. The van der Waals surface area contributed by atoms with E-state index in [0.717, 1.165) is 28.2 Å². The topological polar surface area (TPSA) is 61.0 Å². The minimum atomic E-state index is -0.0799. The lowest BCUT2D eigenvalue weighted by atomic mass is 10.2. The number of aromatic nitrogens is 2. The van der Waals surface area contributed by atoms with Gasteiger partial charge in [0, 0.05) is 21.0 Å². The first-order valence-corrected chi connectivity index (χ1v) is 5.42. The van der Waals surface area contributed by atoms with Crippen molar-refractivity contribution in [3.63, 3.8) is 0 Å². The molecule has 0 aliphatic rings. The summed E-state index contributed by atoms with van der Waals surface area (Å²) in [5, 5.41) is 2.83. The molecule has 1 aromatic heterocycles. The van der Waals surface area contributed by atoms with E-state index >= 15 is 0 Å². The third-order valence-electron chi connectivity index (χ3n) is 2.51. The Morgan fingerprint density at radius 1 is 1.41 bits per heavy atom. The van der Waals surface area contributed by atoms with E-state index in [2.05, 4.69) is 15.3 Å². The number of carbonyl (C=O) groups excluding carboxylic acids is 1. The molecule has 90 valence electrons. The molecule has 0 spiro atoms. The summed E-state index contributed by atoms with van der Waals surface area (Å²) in [7, 11) is 3.87. The minimum Gasteiger partial charge on any atom is -0.376 e. The Balaban J connectivity index is 2.61. The third kappa shape index (κ3) is 2.22. The Bertz CT molecular complexity index is 571. The minimum absolute atomic E-state index is 0.0799. The molecule has 0 radical (unpaired) electrons. The standard InChI is InChI=1S/C12H16N4O/c1-7-13-9-5-11(15-8(2)17)12(16(3)4)6-10(9)14-7/h5-6H,1-4H3,(H,13,14)(H,15,17). The normalized spacial score (nSPS) is 10.6. The molecule has 2 aromatic rings. The Morgan fingerprint density at radius 2 is 2.12 bits per heavy atom. The van der Waals surface area contributed by atoms with Crippen molar-refractivity contribution in [2.75, 3.05) is 24.3 Å². The molecule has 0 atom stereocenters. The van der Waals surface area contributed by atoms with Gasteiger partial charge in [-0.2, -0.15) is 0 Å².